The van der Waals surface area contributed by atoms with Crippen molar-refractivity contribution >= 4 is 28.6 Å². The van der Waals surface area contributed by atoms with Crippen LogP contribution in [0.15, 0.2) is 54.7 Å². The number of aromatic nitrogens is 3. The van der Waals surface area contributed by atoms with E-state index in [0.717, 1.165) is 6.20 Å². The number of carboxylic acid groups (broad SMARTS) is 1. The zero-order valence-electron chi connectivity index (χ0n) is 24.4. The lowest BCUT2D eigenvalue weighted by Gasteiger charge is -2.39. The smallest absolute Gasteiger partial charge is 0.429 e. The number of hydrogen-bond donors (Lipinski definition) is 3. The average molecular weight is 625 g/mol. The molecule has 2 atom stereocenters. The maximum atomic E-state index is 14.6. The number of ether oxygens (including phenoxy) is 1. The largest absolute Gasteiger partial charge is 0.480 e. The number of alkyl halides is 3. The molecule has 2 aromatic heterocycles. The number of rotatable bonds is 7. The summed E-state index contributed by atoms with van der Waals surface area (Å²) >= 11 is 0. The van der Waals surface area contributed by atoms with Gasteiger partial charge in [-0.25, -0.2) is 4.39 Å². The van der Waals surface area contributed by atoms with E-state index in [1.165, 1.54) is 18.2 Å². The number of piperidine rings is 1. The molecule has 9 nitrogen and oxygen atoms in total. The molecule has 1 spiro atoms. The molecule has 236 valence electrons. The minimum absolute atomic E-state index is 0.0531. The van der Waals surface area contributed by atoms with Crippen molar-refractivity contribution in [3.63, 3.8) is 0 Å². The van der Waals surface area contributed by atoms with Crippen molar-refractivity contribution in [1.29, 1.82) is 0 Å². The molecule has 45 heavy (non-hydrogen) atoms. The summed E-state index contributed by atoms with van der Waals surface area (Å²) in [6.07, 6.45) is -3.74. The summed E-state index contributed by atoms with van der Waals surface area (Å²) < 4.78 is 63.0. The van der Waals surface area contributed by atoms with Gasteiger partial charge in [0.15, 0.2) is 0 Å². The summed E-state index contributed by atoms with van der Waals surface area (Å²) in [6, 6.07) is 12.1. The van der Waals surface area contributed by atoms with E-state index in [0.29, 0.717) is 78.7 Å². The van der Waals surface area contributed by atoms with Crippen molar-refractivity contribution in [2.75, 3.05) is 30.3 Å². The number of nitrogens with zero attached hydrogens (tertiary/aromatic N) is 4. The number of carbonyl (C=O) groups is 1. The first-order valence-corrected chi connectivity index (χ1v) is 14.7. The Labute approximate surface area is 256 Å². The van der Waals surface area contributed by atoms with Crippen LogP contribution in [0.3, 0.4) is 0 Å². The highest BCUT2D eigenvalue weighted by Gasteiger charge is 2.45. The standard InChI is InChI=1S/C32H32F4N6O3/c1-2-18-11-19(20-4-6-24-21(12-20)13-22(33)16-38-24)3-5-23(18)28(32(34,35)36)45-27-14-26(40-30(37)41-27)42-9-7-31(8-10-42)15-25(29(43)44)39-17-31/h3-6,11-14,16,25,28,39H,2,7-10,15,17H2,1H3,(H,43,44)(H2,37,40,41)/t25-,28?/m0/s1. The third-order valence-corrected chi connectivity index (χ3v) is 8.84. The molecule has 2 aliphatic rings. The number of fused-ring (bicyclic) bond motifs is 1. The Morgan fingerprint density at radius 2 is 1.87 bits per heavy atom. The minimum Gasteiger partial charge on any atom is -0.480 e. The second-order valence-electron chi connectivity index (χ2n) is 11.8. The van der Waals surface area contributed by atoms with Gasteiger partial charge in [0.1, 0.15) is 17.7 Å². The maximum Gasteiger partial charge on any atom is 0.429 e. The van der Waals surface area contributed by atoms with Crippen molar-refractivity contribution < 1.29 is 32.2 Å². The van der Waals surface area contributed by atoms with E-state index in [9.17, 15) is 27.5 Å². The topological polar surface area (TPSA) is 126 Å². The highest BCUT2D eigenvalue weighted by atomic mass is 19.4. The number of anilines is 2. The normalized spacial score (nSPS) is 18.8. The summed E-state index contributed by atoms with van der Waals surface area (Å²) in [5.74, 6) is -1.52. The predicted octanol–water partition coefficient (Wildman–Crippen LogP) is 5.69. The van der Waals surface area contributed by atoms with E-state index in [4.69, 9.17) is 10.5 Å². The molecule has 2 fully saturated rings. The van der Waals surface area contributed by atoms with Crippen LogP contribution in [0.1, 0.15) is 43.4 Å². The van der Waals surface area contributed by atoms with Gasteiger partial charge >= 0.3 is 12.1 Å². The molecule has 0 saturated carbocycles. The summed E-state index contributed by atoms with van der Waals surface area (Å²) in [6.45, 7) is 3.43. The van der Waals surface area contributed by atoms with Gasteiger partial charge < -0.3 is 25.8 Å². The van der Waals surface area contributed by atoms with Gasteiger partial charge in [0.05, 0.1) is 11.7 Å². The fraction of sp³-hybridized carbons (Fsp3) is 0.375. The first kappa shape index (κ1) is 30.5. The first-order valence-electron chi connectivity index (χ1n) is 14.7. The molecule has 0 bridgehead atoms. The number of nitrogens with two attached hydrogens (primary N) is 1. The van der Waals surface area contributed by atoms with E-state index >= 15 is 0 Å². The van der Waals surface area contributed by atoms with Crippen molar-refractivity contribution in [1.82, 2.24) is 20.3 Å². The quantitative estimate of drug-likeness (QED) is 0.222. The first-order chi connectivity index (χ1) is 21.4. The molecule has 1 unspecified atom stereocenters. The van der Waals surface area contributed by atoms with E-state index in [1.807, 2.05) is 4.90 Å². The molecule has 13 heteroatoms. The molecule has 4 heterocycles. The lowest BCUT2D eigenvalue weighted by atomic mass is 9.76. The number of nitrogens with one attached hydrogen (secondary N) is 1. The Kier molecular flexibility index (Phi) is 7.98. The molecule has 6 rings (SSSR count). The molecule has 0 aliphatic carbocycles. The van der Waals surface area contributed by atoms with Gasteiger partial charge in [0.2, 0.25) is 17.9 Å². The van der Waals surface area contributed by atoms with Crippen molar-refractivity contribution in [2.45, 2.75) is 50.9 Å². The van der Waals surface area contributed by atoms with Gasteiger partial charge in [-0.05, 0) is 66.0 Å². The SMILES string of the molecule is CCc1cc(-c2ccc3ncc(F)cc3c2)ccc1C(Oc1cc(N2CCC3(CC2)CN[C@H](C(=O)O)C3)nc(N)n1)C(F)(F)F. The van der Waals surface area contributed by atoms with Gasteiger partial charge in [-0.1, -0.05) is 31.2 Å². The molecular weight excluding hydrogens is 592 g/mol. The van der Waals surface area contributed by atoms with E-state index in [1.54, 1.807) is 37.3 Å². The van der Waals surface area contributed by atoms with Gasteiger partial charge in [0.25, 0.3) is 0 Å². The summed E-state index contributed by atoms with van der Waals surface area (Å²) in [5, 5.41) is 13.0. The van der Waals surface area contributed by atoms with Crippen LogP contribution < -0.4 is 20.7 Å². The van der Waals surface area contributed by atoms with Gasteiger partial charge in [0, 0.05) is 36.7 Å². The Morgan fingerprint density at radius 1 is 1.13 bits per heavy atom. The van der Waals surface area contributed by atoms with Gasteiger partial charge in [-0.3, -0.25) is 9.78 Å². The number of pyridine rings is 1. The van der Waals surface area contributed by atoms with Crippen LogP contribution in [-0.4, -0.2) is 57.9 Å². The zero-order chi connectivity index (χ0) is 31.9. The van der Waals surface area contributed by atoms with Crippen LogP contribution in [0.4, 0.5) is 29.3 Å². The molecule has 2 saturated heterocycles. The van der Waals surface area contributed by atoms with Gasteiger partial charge in [-0.2, -0.15) is 23.1 Å². The number of benzene rings is 2. The predicted molar refractivity (Wildman–Crippen MR) is 160 cm³/mol. The molecule has 4 aromatic rings. The lowest BCUT2D eigenvalue weighted by Crippen LogP contribution is -2.41. The van der Waals surface area contributed by atoms with Crippen molar-refractivity contribution in [3.8, 4) is 17.0 Å². The van der Waals surface area contributed by atoms with E-state index in [2.05, 4.69) is 20.3 Å². The fourth-order valence-corrected chi connectivity index (χ4v) is 6.39. The Hall–Kier alpha value is -4.52. The number of carboxylic acids is 1. The maximum absolute atomic E-state index is 14.6. The lowest BCUT2D eigenvalue weighted by molar-refractivity contribution is -0.198. The number of nitrogen functional groups attached to an aromatic ring is 1. The van der Waals surface area contributed by atoms with E-state index in [-0.39, 0.29) is 22.8 Å². The van der Waals surface area contributed by atoms with Crippen LogP contribution in [0.2, 0.25) is 0 Å². The highest BCUT2D eigenvalue weighted by molar-refractivity contribution is 5.84. The van der Waals surface area contributed by atoms with Crippen LogP contribution in [0.25, 0.3) is 22.0 Å². The molecule has 2 aliphatic heterocycles. The number of aliphatic carboxylic acids is 1. The Morgan fingerprint density at radius 3 is 2.56 bits per heavy atom. The van der Waals surface area contributed by atoms with Crippen LogP contribution in [-0.2, 0) is 11.2 Å². The average Bonchev–Trinajstić information content (AvgIpc) is 3.42. The molecule has 0 amide bonds. The Balaban J connectivity index is 1.24. The summed E-state index contributed by atoms with van der Waals surface area (Å²) in [5.41, 5.74) is 8.15. The number of aryl methyl sites for hydroxylation is 1. The van der Waals surface area contributed by atoms with Crippen LogP contribution in [0, 0.1) is 11.2 Å². The second-order valence-corrected chi connectivity index (χ2v) is 11.8. The monoisotopic (exact) mass is 624 g/mol. The summed E-state index contributed by atoms with van der Waals surface area (Å²) in [7, 11) is 0. The number of halogens is 4. The number of hydrogen-bond acceptors (Lipinski definition) is 8. The van der Waals surface area contributed by atoms with Crippen LogP contribution in [0.5, 0.6) is 5.88 Å². The molecule has 0 radical (unpaired) electrons. The third-order valence-electron chi connectivity index (χ3n) is 8.84. The van der Waals surface area contributed by atoms with Crippen molar-refractivity contribution in [3.05, 3.63) is 71.7 Å². The second kappa shape index (κ2) is 11.8. The minimum atomic E-state index is -4.77. The molecular formula is C32H32F4N6O3. The van der Waals surface area contributed by atoms with Crippen LogP contribution >= 0.6 is 0 Å². The highest BCUT2D eigenvalue weighted by Crippen LogP contribution is 2.42. The van der Waals surface area contributed by atoms with Crippen molar-refractivity contribution in [2.24, 2.45) is 5.41 Å². The van der Waals surface area contributed by atoms with Gasteiger partial charge in [-0.15, -0.1) is 0 Å². The molecule has 4 N–H and O–H groups in total. The molecule has 2 aromatic carbocycles. The zero-order valence-corrected chi connectivity index (χ0v) is 24.4. The Bertz CT molecular complexity index is 1740. The van der Waals surface area contributed by atoms with E-state index < -0.39 is 30.1 Å². The fourth-order valence-electron chi connectivity index (χ4n) is 6.39. The third kappa shape index (κ3) is 6.35. The summed E-state index contributed by atoms with van der Waals surface area (Å²) in [4.78, 5) is 25.6.